The quantitative estimate of drug-likeness (QED) is 0.885. The minimum absolute atomic E-state index is 0.338. The SMILES string of the molecule is CCC(NC(=O)c1ccc(-n2nc(C)cc2C)cc1)C(=O)O. The van der Waals surface area contributed by atoms with Gasteiger partial charge in [-0.1, -0.05) is 6.92 Å². The predicted molar refractivity (Wildman–Crippen MR) is 82.2 cm³/mol. The lowest BCUT2D eigenvalue weighted by molar-refractivity contribution is -0.139. The third-order valence-corrected chi connectivity index (χ3v) is 3.40. The number of carboxylic acids is 1. The molecule has 0 saturated carbocycles. The Morgan fingerprint density at radius 3 is 2.36 bits per heavy atom. The van der Waals surface area contributed by atoms with E-state index in [4.69, 9.17) is 5.11 Å². The van der Waals surface area contributed by atoms with Gasteiger partial charge in [0.05, 0.1) is 11.4 Å². The molecule has 2 N–H and O–H groups in total. The maximum Gasteiger partial charge on any atom is 0.326 e. The van der Waals surface area contributed by atoms with Crippen LogP contribution < -0.4 is 5.32 Å². The highest BCUT2D eigenvalue weighted by Gasteiger charge is 2.18. The number of amides is 1. The Bertz CT molecular complexity index is 689. The highest BCUT2D eigenvalue weighted by atomic mass is 16.4. The number of nitrogens with one attached hydrogen (secondary N) is 1. The third kappa shape index (κ3) is 3.33. The van der Waals surface area contributed by atoms with Crippen LogP contribution in [-0.2, 0) is 4.79 Å². The molecule has 1 heterocycles. The maximum atomic E-state index is 12.0. The molecular weight excluding hydrogens is 282 g/mol. The number of aryl methyl sites for hydroxylation is 2. The molecule has 1 atom stereocenters. The zero-order valence-electron chi connectivity index (χ0n) is 12.8. The molecule has 0 radical (unpaired) electrons. The summed E-state index contributed by atoms with van der Waals surface area (Å²) in [4.78, 5) is 23.0. The molecule has 1 aromatic carbocycles. The number of hydrogen-bond donors (Lipinski definition) is 2. The van der Waals surface area contributed by atoms with Crippen molar-refractivity contribution < 1.29 is 14.7 Å². The van der Waals surface area contributed by atoms with Gasteiger partial charge >= 0.3 is 5.97 Å². The van der Waals surface area contributed by atoms with Crippen LogP contribution in [0.1, 0.15) is 35.1 Å². The molecule has 0 aliphatic carbocycles. The van der Waals surface area contributed by atoms with E-state index in [-0.39, 0.29) is 0 Å². The molecule has 1 aromatic heterocycles. The summed E-state index contributed by atoms with van der Waals surface area (Å²) in [6.45, 7) is 5.59. The zero-order chi connectivity index (χ0) is 16.3. The average Bonchev–Trinajstić information content (AvgIpc) is 2.83. The summed E-state index contributed by atoms with van der Waals surface area (Å²) >= 11 is 0. The molecule has 0 bridgehead atoms. The van der Waals surface area contributed by atoms with Crippen LogP contribution >= 0.6 is 0 Å². The van der Waals surface area contributed by atoms with Crippen LogP contribution in [0.15, 0.2) is 30.3 Å². The number of aliphatic carboxylic acids is 1. The van der Waals surface area contributed by atoms with Crippen LogP contribution in [0, 0.1) is 13.8 Å². The summed E-state index contributed by atoms with van der Waals surface area (Å²) in [5, 5.41) is 15.8. The second-order valence-corrected chi connectivity index (χ2v) is 5.16. The van der Waals surface area contributed by atoms with E-state index in [9.17, 15) is 9.59 Å². The average molecular weight is 301 g/mol. The predicted octanol–water partition coefficient (Wildman–Crippen LogP) is 2.08. The van der Waals surface area contributed by atoms with E-state index in [1.807, 2.05) is 19.9 Å². The van der Waals surface area contributed by atoms with Gasteiger partial charge in [-0.05, 0) is 50.6 Å². The Balaban J connectivity index is 2.16. The summed E-state index contributed by atoms with van der Waals surface area (Å²) in [6.07, 6.45) is 0.338. The van der Waals surface area contributed by atoms with Gasteiger partial charge in [0, 0.05) is 11.3 Å². The normalized spacial score (nSPS) is 12.0. The van der Waals surface area contributed by atoms with Gasteiger partial charge in [0.15, 0.2) is 0 Å². The van der Waals surface area contributed by atoms with E-state index in [0.717, 1.165) is 17.1 Å². The number of nitrogens with zero attached hydrogens (tertiary/aromatic N) is 2. The van der Waals surface area contributed by atoms with E-state index in [1.165, 1.54) is 0 Å². The lowest BCUT2D eigenvalue weighted by Crippen LogP contribution is -2.40. The van der Waals surface area contributed by atoms with Gasteiger partial charge in [-0.3, -0.25) is 4.79 Å². The summed E-state index contributed by atoms with van der Waals surface area (Å²) in [5.74, 6) is -1.43. The number of benzene rings is 1. The number of hydrogen-bond acceptors (Lipinski definition) is 3. The van der Waals surface area contributed by atoms with E-state index in [2.05, 4.69) is 10.4 Å². The Kier molecular flexibility index (Phi) is 4.60. The highest BCUT2D eigenvalue weighted by Crippen LogP contribution is 2.13. The van der Waals surface area contributed by atoms with Crippen molar-refractivity contribution >= 4 is 11.9 Å². The molecule has 0 aliphatic rings. The van der Waals surface area contributed by atoms with E-state index >= 15 is 0 Å². The molecule has 0 saturated heterocycles. The molecule has 116 valence electrons. The molecule has 22 heavy (non-hydrogen) atoms. The van der Waals surface area contributed by atoms with E-state index < -0.39 is 17.9 Å². The highest BCUT2D eigenvalue weighted by molar-refractivity contribution is 5.96. The monoisotopic (exact) mass is 301 g/mol. The van der Waals surface area contributed by atoms with Crippen molar-refractivity contribution in [3.05, 3.63) is 47.3 Å². The van der Waals surface area contributed by atoms with Gasteiger partial charge in [0.25, 0.3) is 5.91 Å². The van der Waals surface area contributed by atoms with Gasteiger partial charge in [-0.25, -0.2) is 9.48 Å². The molecule has 0 fully saturated rings. The number of carbonyl (C=O) groups is 2. The summed E-state index contributed by atoms with van der Waals surface area (Å²) in [5.41, 5.74) is 3.20. The van der Waals surface area contributed by atoms with Crippen molar-refractivity contribution in [2.24, 2.45) is 0 Å². The van der Waals surface area contributed by atoms with Crippen molar-refractivity contribution in [3.8, 4) is 5.69 Å². The fourth-order valence-electron chi connectivity index (χ4n) is 2.22. The minimum atomic E-state index is -1.03. The van der Waals surface area contributed by atoms with Crippen LogP contribution in [0.2, 0.25) is 0 Å². The Hall–Kier alpha value is -2.63. The fourth-order valence-corrected chi connectivity index (χ4v) is 2.22. The van der Waals surface area contributed by atoms with Crippen molar-refractivity contribution in [1.82, 2.24) is 15.1 Å². The summed E-state index contributed by atoms with van der Waals surface area (Å²) in [7, 11) is 0. The molecule has 0 spiro atoms. The topological polar surface area (TPSA) is 84.2 Å². The largest absolute Gasteiger partial charge is 0.480 e. The van der Waals surface area contributed by atoms with Gasteiger partial charge in [0.2, 0.25) is 0 Å². The molecular formula is C16H19N3O3. The lowest BCUT2D eigenvalue weighted by atomic mass is 10.1. The second kappa shape index (κ2) is 6.43. The molecule has 1 amide bonds. The van der Waals surface area contributed by atoms with Crippen LogP contribution in [0.25, 0.3) is 5.69 Å². The minimum Gasteiger partial charge on any atom is -0.480 e. The van der Waals surface area contributed by atoms with Gasteiger partial charge in [-0.2, -0.15) is 5.10 Å². The number of rotatable bonds is 5. The molecule has 2 rings (SSSR count). The van der Waals surface area contributed by atoms with E-state index in [1.54, 1.807) is 35.9 Å². The third-order valence-electron chi connectivity index (χ3n) is 3.40. The van der Waals surface area contributed by atoms with Crippen molar-refractivity contribution in [3.63, 3.8) is 0 Å². The first-order valence-electron chi connectivity index (χ1n) is 7.09. The zero-order valence-corrected chi connectivity index (χ0v) is 12.8. The van der Waals surface area contributed by atoms with Crippen molar-refractivity contribution in [2.75, 3.05) is 0 Å². The van der Waals surface area contributed by atoms with Crippen LogP contribution in [-0.4, -0.2) is 32.8 Å². The second-order valence-electron chi connectivity index (χ2n) is 5.16. The molecule has 2 aromatic rings. The Morgan fingerprint density at radius 2 is 1.91 bits per heavy atom. The molecule has 0 aliphatic heterocycles. The number of carbonyl (C=O) groups excluding carboxylic acids is 1. The van der Waals surface area contributed by atoms with Crippen LogP contribution in [0.5, 0.6) is 0 Å². The Labute approximate surface area is 128 Å². The smallest absolute Gasteiger partial charge is 0.326 e. The first-order chi connectivity index (χ1) is 10.4. The molecule has 6 heteroatoms. The lowest BCUT2D eigenvalue weighted by Gasteiger charge is -2.12. The maximum absolute atomic E-state index is 12.0. The number of aromatic nitrogens is 2. The van der Waals surface area contributed by atoms with Crippen LogP contribution in [0.3, 0.4) is 0 Å². The summed E-state index contributed by atoms with van der Waals surface area (Å²) < 4.78 is 1.79. The molecule has 1 unspecified atom stereocenters. The standard InChI is InChI=1S/C16H19N3O3/c1-4-14(16(21)22)17-15(20)12-5-7-13(8-6-12)19-11(3)9-10(2)18-19/h5-9,14H,4H2,1-3H3,(H,17,20)(H,21,22). The molecule has 6 nitrogen and oxygen atoms in total. The van der Waals surface area contributed by atoms with Gasteiger partial charge < -0.3 is 10.4 Å². The van der Waals surface area contributed by atoms with Gasteiger partial charge in [-0.15, -0.1) is 0 Å². The van der Waals surface area contributed by atoms with Gasteiger partial charge in [0.1, 0.15) is 6.04 Å². The summed E-state index contributed by atoms with van der Waals surface area (Å²) in [6, 6.07) is 8.00. The van der Waals surface area contributed by atoms with Crippen molar-refractivity contribution in [1.29, 1.82) is 0 Å². The first-order valence-corrected chi connectivity index (χ1v) is 7.09. The van der Waals surface area contributed by atoms with E-state index in [0.29, 0.717) is 12.0 Å². The number of carboxylic acid groups (broad SMARTS) is 1. The first kappa shape index (κ1) is 15.8. The van der Waals surface area contributed by atoms with Crippen molar-refractivity contribution in [2.45, 2.75) is 33.2 Å². The Morgan fingerprint density at radius 1 is 1.27 bits per heavy atom. The fraction of sp³-hybridized carbons (Fsp3) is 0.312. The van der Waals surface area contributed by atoms with Crippen LogP contribution in [0.4, 0.5) is 0 Å².